The molecule has 0 fully saturated rings. The first-order valence-electron chi connectivity index (χ1n) is 5.40. The first-order valence-corrected chi connectivity index (χ1v) is 5.40. The van der Waals surface area contributed by atoms with E-state index >= 15 is 0 Å². The van der Waals surface area contributed by atoms with Crippen molar-refractivity contribution in [1.29, 1.82) is 0 Å². The van der Waals surface area contributed by atoms with Gasteiger partial charge in [0.25, 0.3) is 0 Å². The Morgan fingerprint density at radius 2 is 2.18 bits per heavy atom. The van der Waals surface area contributed by atoms with Gasteiger partial charge in [-0.25, -0.2) is 4.98 Å². The molecule has 0 aliphatic heterocycles. The third-order valence-electron chi connectivity index (χ3n) is 1.80. The minimum Gasteiger partial charge on any atom is -0.473 e. The van der Waals surface area contributed by atoms with Crippen molar-refractivity contribution in [2.24, 2.45) is 0 Å². The summed E-state index contributed by atoms with van der Waals surface area (Å²) in [6.45, 7) is 5.11. The molecular formula is C12H16N2O3. The number of Topliss-reactive ketones (excluding diaryl/α,β-unsaturated/α-hetero) is 1. The Balaban J connectivity index is 2.76. The van der Waals surface area contributed by atoms with E-state index in [0.717, 1.165) is 0 Å². The summed E-state index contributed by atoms with van der Waals surface area (Å²) in [6, 6.07) is 3.37. The van der Waals surface area contributed by atoms with E-state index in [-0.39, 0.29) is 24.2 Å². The lowest BCUT2D eigenvalue weighted by molar-refractivity contribution is -0.124. The molecule has 1 amide bonds. The molecule has 0 bridgehead atoms. The fourth-order valence-corrected chi connectivity index (χ4v) is 1.22. The van der Waals surface area contributed by atoms with Crippen LogP contribution < -0.4 is 10.1 Å². The summed E-state index contributed by atoms with van der Waals surface area (Å²) in [5, 5.41) is 2.60. The molecule has 1 aromatic heterocycles. The zero-order valence-corrected chi connectivity index (χ0v) is 10.2. The van der Waals surface area contributed by atoms with Crippen LogP contribution in [0.4, 0.5) is 5.69 Å². The second-order valence-corrected chi connectivity index (χ2v) is 3.95. The van der Waals surface area contributed by atoms with Crippen LogP contribution in [0.2, 0.25) is 0 Å². The Morgan fingerprint density at radius 1 is 1.47 bits per heavy atom. The van der Waals surface area contributed by atoms with Crippen LogP contribution in [-0.4, -0.2) is 22.8 Å². The molecule has 0 spiro atoms. The Kier molecular flexibility index (Phi) is 4.63. The molecule has 5 heteroatoms. The lowest BCUT2D eigenvalue weighted by atomic mass is 10.3. The molecule has 1 heterocycles. The number of hydrogen-bond acceptors (Lipinski definition) is 4. The van der Waals surface area contributed by atoms with Crippen molar-refractivity contribution in [1.82, 2.24) is 4.98 Å². The van der Waals surface area contributed by atoms with E-state index in [1.54, 1.807) is 18.3 Å². The average molecular weight is 236 g/mol. The fraction of sp³-hybridized carbons (Fsp3) is 0.417. The molecular weight excluding hydrogens is 220 g/mol. The van der Waals surface area contributed by atoms with E-state index < -0.39 is 0 Å². The number of hydrogen-bond donors (Lipinski definition) is 1. The highest BCUT2D eigenvalue weighted by molar-refractivity contribution is 6.03. The third-order valence-corrected chi connectivity index (χ3v) is 1.80. The van der Waals surface area contributed by atoms with Crippen LogP contribution in [0.1, 0.15) is 27.2 Å². The second-order valence-electron chi connectivity index (χ2n) is 3.95. The van der Waals surface area contributed by atoms with Gasteiger partial charge in [-0.2, -0.15) is 0 Å². The van der Waals surface area contributed by atoms with Gasteiger partial charge in [0.15, 0.2) is 0 Å². The first-order chi connectivity index (χ1) is 7.99. The fourth-order valence-electron chi connectivity index (χ4n) is 1.22. The Bertz CT molecular complexity index is 416. The molecule has 0 radical (unpaired) electrons. The van der Waals surface area contributed by atoms with E-state index in [9.17, 15) is 9.59 Å². The lowest BCUT2D eigenvalue weighted by Gasteiger charge is -2.13. The van der Waals surface area contributed by atoms with Crippen LogP contribution >= 0.6 is 0 Å². The number of amides is 1. The standard InChI is InChI=1S/C12H16N2O3/c1-8(2)17-12-10(5-4-6-13-12)14-11(16)7-9(3)15/h4-6,8H,7H2,1-3H3,(H,14,16). The highest BCUT2D eigenvalue weighted by Crippen LogP contribution is 2.21. The molecule has 0 aromatic carbocycles. The van der Waals surface area contributed by atoms with Crippen LogP contribution in [0.15, 0.2) is 18.3 Å². The van der Waals surface area contributed by atoms with Gasteiger partial charge in [0, 0.05) is 6.20 Å². The summed E-state index contributed by atoms with van der Waals surface area (Å²) in [6.07, 6.45) is 1.40. The topological polar surface area (TPSA) is 68.3 Å². The minimum atomic E-state index is -0.362. The molecule has 5 nitrogen and oxygen atoms in total. The summed E-state index contributed by atoms with van der Waals surface area (Å²) in [5.41, 5.74) is 0.479. The van der Waals surface area contributed by atoms with Gasteiger partial charge in [-0.1, -0.05) is 0 Å². The number of aromatic nitrogens is 1. The van der Waals surface area contributed by atoms with E-state index in [4.69, 9.17) is 4.74 Å². The van der Waals surface area contributed by atoms with Crippen LogP contribution in [-0.2, 0) is 9.59 Å². The van der Waals surface area contributed by atoms with Gasteiger partial charge in [-0.3, -0.25) is 9.59 Å². The summed E-state index contributed by atoms with van der Waals surface area (Å²) < 4.78 is 5.44. The van der Waals surface area contributed by atoms with Gasteiger partial charge in [0.1, 0.15) is 11.5 Å². The van der Waals surface area contributed by atoms with Gasteiger partial charge >= 0.3 is 0 Å². The number of nitrogens with one attached hydrogen (secondary N) is 1. The summed E-state index contributed by atoms with van der Waals surface area (Å²) in [5.74, 6) is -0.184. The molecule has 17 heavy (non-hydrogen) atoms. The second kappa shape index (κ2) is 5.98. The van der Waals surface area contributed by atoms with Crippen LogP contribution in [0.5, 0.6) is 5.88 Å². The van der Waals surface area contributed by atoms with Crippen LogP contribution in [0, 0.1) is 0 Å². The smallest absolute Gasteiger partial charge is 0.238 e. The Morgan fingerprint density at radius 3 is 2.76 bits per heavy atom. The van der Waals surface area contributed by atoms with Crippen molar-refractivity contribution >= 4 is 17.4 Å². The molecule has 0 aliphatic rings. The van der Waals surface area contributed by atoms with E-state index in [0.29, 0.717) is 11.6 Å². The molecule has 0 unspecified atom stereocenters. The van der Waals surface area contributed by atoms with Crippen molar-refractivity contribution < 1.29 is 14.3 Å². The number of anilines is 1. The molecule has 0 atom stereocenters. The van der Waals surface area contributed by atoms with Crippen molar-refractivity contribution in [3.05, 3.63) is 18.3 Å². The molecule has 1 N–H and O–H groups in total. The number of ketones is 1. The maximum atomic E-state index is 11.4. The highest BCUT2D eigenvalue weighted by atomic mass is 16.5. The number of ether oxygens (including phenoxy) is 1. The van der Waals surface area contributed by atoms with E-state index in [1.165, 1.54) is 6.92 Å². The zero-order valence-electron chi connectivity index (χ0n) is 10.2. The van der Waals surface area contributed by atoms with Gasteiger partial charge in [-0.05, 0) is 32.9 Å². The van der Waals surface area contributed by atoms with Crippen molar-refractivity contribution in [3.8, 4) is 5.88 Å². The molecule has 0 saturated carbocycles. The van der Waals surface area contributed by atoms with Gasteiger partial charge < -0.3 is 10.1 Å². The zero-order chi connectivity index (χ0) is 12.8. The predicted molar refractivity (Wildman–Crippen MR) is 63.9 cm³/mol. The van der Waals surface area contributed by atoms with Crippen LogP contribution in [0.3, 0.4) is 0 Å². The Labute approximate surface area is 100 Å². The number of rotatable bonds is 5. The van der Waals surface area contributed by atoms with Crippen molar-refractivity contribution in [3.63, 3.8) is 0 Å². The third kappa shape index (κ3) is 4.63. The summed E-state index contributed by atoms with van der Waals surface area (Å²) in [7, 11) is 0. The van der Waals surface area contributed by atoms with Gasteiger partial charge in [0.2, 0.25) is 11.8 Å². The van der Waals surface area contributed by atoms with Gasteiger partial charge in [0.05, 0.1) is 12.5 Å². The Hall–Kier alpha value is -1.91. The lowest BCUT2D eigenvalue weighted by Crippen LogP contribution is -2.17. The SMILES string of the molecule is CC(=O)CC(=O)Nc1cccnc1OC(C)C. The van der Waals surface area contributed by atoms with Crippen molar-refractivity contribution in [2.75, 3.05) is 5.32 Å². The summed E-state index contributed by atoms with van der Waals surface area (Å²) in [4.78, 5) is 26.3. The molecule has 1 aromatic rings. The number of carbonyl (C=O) groups is 2. The molecule has 0 aliphatic carbocycles. The first kappa shape index (κ1) is 13.2. The van der Waals surface area contributed by atoms with Crippen LogP contribution in [0.25, 0.3) is 0 Å². The molecule has 1 rings (SSSR count). The van der Waals surface area contributed by atoms with E-state index in [2.05, 4.69) is 10.3 Å². The highest BCUT2D eigenvalue weighted by Gasteiger charge is 2.11. The predicted octanol–water partition coefficient (Wildman–Crippen LogP) is 1.79. The maximum absolute atomic E-state index is 11.4. The largest absolute Gasteiger partial charge is 0.473 e. The molecule has 92 valence electrons. The number of nitrogens with zero attached hydrogens (tertiary/aromatic N) is 1. The van der Waals surface area contributed by atoms with Gasteiger partial charge in [-0.15, -0.1) is 0 Å². The molecule has 0 saturated heterocycles. The number of pyridine rings is 1. The number of carbonyl (C=O) groups excluding carboxylic acids is 2. The normalized spacial score (nSPS) is 10.1. The quantitative estimate of drug-likeness (QED) is 0.791. The summed E-state index contributed by atoms with van der Waals surface area (Å²) >= 11 is 0. The maximum Gasteiger partial charge on any atom is 0.238 e. The van der Waals surface area contributed by atoms with Crippen molar-refractivity contribution in [2.45, 2.75) is 33.3 Å². The minimum absolute atomic E-state index is 0.0339. The average Bonchev–Trinajstić information content (AvgIpc) is 2.18. The van der Waals surface area contributed by atoms with E-state index in [1.807, 2.05) is 13.8 Å². The monoisotopic (exact) mass is 236 g/mol.